The largest absolute Gasteiger partial charge is 0.382 e. The van der Waals surface area contributed by atoms with Crippen molar-refractivity contribution < 1.29 is 16.8 Å². The minimum Gasteiger partial charge on any atom is -0.382 e. The van der Waals surface area contributed by atoms with Crippen LogP contribution in [0.1, 0.15) is 0 Å². The molecule has 0 atom stereocenters. The average Bonchev–Trinajstić information content (AvgIpc) is 2.71. The normalized spacial score (nSPS) is 19.4. The number of rotatable bonds is 3. The Kier molecular flexibility index (Phi) is 3.97. The Morgan fingerprint density at radius 3 is 2.35 bits per heavy atom. The van der Waals surface area contributed by atoms with Gasteiger partial charge in [-0.25, -0.2) is 21.1 Å². The van der Waals surface area contributed by atoms with Crippen LogP contribution in [0.3, 0.4) is 0 Å². The number of hydrogen-bond donors (Lipinski definition) is 1. The topological polar surface area (TPSA) is 114 Å². The molecule has 1 fully saturated rings. The summed E-state index contributed by atoms with van der Waals surface area (Å²) in [5.41, 5.74) is 5.67. The highest BCUT2D eigenvalue weighted by Gasteiger charge is 2.32. The minimum atomic E-state index is -3.71. The molecule has 1 aliphatic heterocycles. The quantitative estimate of drug-likeness (QED) is 0.767. The van der Waals surface area contributed by atoms with Crippen LogP contribution >= 0.6 is 11.5 Å². The zero-order valence-electron chi connectivity index (χ0n) is 11.1. The highest BCUT2D eigenvalue weighted by Crippen LogP contribution is 2.36. The van der Waals surface area contributed by atoms with Crippen LogP contribution in [0.4, 0.5) is 10.8 Å². The SMILES string of the molecule is CN(C)S(=O)(=O)c1c(N)nsc1N1CCS(=O)(=O)CC1. The van der Waals surface area contributed by atoms with Crippen molar-refractivity contribution in [2.45, 2.75) is 4.90 Å². The molecule has 20 heavy (non-hydrogen) atoms. The monoisotopic (exact) mass is 340 g/mol. The number of anilines is 2. The van der Waals surface area contributed by atoms with Gasteiger partial charge in [-0.3, -0.25) is 0 Å². The van der Waals surface area contributed by atoms with Gasteiger partial charge >= 0.3 is 0 Å². The third-order valence-electron chi connectivity index (χ3n) is 3.03. The van der Waals surface area contributed by atoms with Gasteiger partial charge in [0.1, 0.15) is 5.00 Å². The minimum absolute atomic E-state index is 0.00621. The molecule has 114 valence electrons. The Balaban J connectivity index is 2.41. The first-order chi connectivity index (χ1) is 9.15. The molecule has 0 aromatic carbocycles. The zero-order valence-corrected chi connectivity index (χ0v) is 13.6. The van der Waals surface area contributed by atoms with Crippen molar-refractivity contribution in [2.75, 3.05) is 49.3 Å². The molecule has 1 aliphatic rings. The van der Waals surface area contributed by atoms with Gasteiger partial charge in [-0.1, -0.05) is 0 Å². The molecule has 0 saturated carbocycles. The van der Waals surface area contributed by atoms with Crippen molar-refractivity contribution in [1.82, 2.24) is 8.68 Å². The van der Waals surface area contributed by atoms with Crippen LogP contribution in [0.25, 0.3) is 0 Å². The van der Waals surface area contributed by atoms with Gasteiger partial charge in [-0.2, -0.15) is 4.37 Å². The summed E-state index contributed by atoms with van der Waals surface area (Å²) in [6.07, 6.45) is 0. The lowest BCUT2D eigenvalue weighted by molar-refractivity contribution is 0.521. The van der Waals surface area contributed by atoms with E-state index in [1.54, 1.807) is 4.90 Å². The van der Waals surface area contributed by atoms with E-state index in [9.17, 15) is 16.8 Å². The first-order valence-corrected chi connectivity index (χ1v) is 9.82. The van der Waals surface area contributed by atoms with Crippen LogP contribution in [-0.2, 0) is 19.9 Å². The molecular weight excluding hydrogens is 324 g/mol. The smallest absolute Gasteiger partial charge is 0.249 e. The molecular formula is C9H16N4O4S3. The van der Waals surface area contributed by atoms with Crippen LogP contribution in [0.5, 0.6) is 0 Å². The Morgan fingerprint density at radius 1 is 1.30 bits per heavy atom. The molecule has 0 aliphatic carbocycles. The Morgan fingerprint density at radius 2 is 1.85 bits per heavy atom. The van der Waals surface area contributed by atoms with Crippen molar-refractivity contribution in [3.63, 3.8) is 0 Å². The summed E-state index contributed by atoms with van der Waals surface area (Å²) < 4.78 is 52.4. The third kappa shape index (κ3) is 2.75. The van der Waals surface area contributed by atoms with Crippen LogP contribution in [0.15, 0.2) is 4.90 Å². The van der Waals surface area contributed by atoms with Crippen LogP contribution in [-0.4, -0.2) is 64.2 Å². The molecule has 1 aromatic heterocycles. The van der Waals surface area contributed by atoms with E-state index in [0.717, 1.165) is 15.8 Å². The van der Waals surface area contributed by atoms with Gasteiger partial charge in [0.15, 0.2) is 20.6 Å². The number of nitrogens with zero attached hydrogens (tertiary/aromatic N) is 3. The number of aromatic nitrogens is 1. The van der Waals surface area contributed by atoms with Crippen molar-refractivity contribution in [3.05, 3.63) is 0 Å². The maximum absolute atomic E-state index is 12.3. The maximum Gasteiger partial charge on any atom is 0.249 e. The zero-order chi connectivity index (χ0) is 15.1. The first-order valence-electron chi connectivity index (χ1n) is 5.78. The van der Waals surface area contributed by atoms with Crippen LogP contribution in [0.2, 0.25) is 0 Å². The molecule has 11 heteroatoms. The molecule has 0 bridgehead atoms. The predicted octanol–water partition coefficient (Wildman–Crippen LogP) is -0.790. The summed E-state index contributed by atoms with van der Waals surface area (Å²) >= 11 is 0.977. The van der Waals surface area contributed by atoms with Gasteiger partial charge in [0.2, 0.25) is 10.0 Å². The fourth-order valence-corrected chi connectivity index (χ4v) is 5.30. The maximum atomic E-state index is 12.3. The van der Waals surface area contributed by atoms with Crippen LogP contribution in [0, 0.1) is 0 Å². The number of sulfonamides is 1. The summed E-state index contributed by atoms with van der Waals surface area (Å²) in [6.45, 7) is 0.500. The van der Waals surface area contributed by atoms with E-state index >= 15 is 0 Å². The first kappa shape index (κ1) is 15.5. The molecule has 2 N–H and O–H groups in total. The van der Waals surface area contributed by atoms with Crippen molar-refractivity contribution in [3.8, 4) is 0 Å². The fraction of sp³-hybridized carbons (Fsp3) is 0.667. The summed E-state index contributed by atoms with van der Waals surface area (Å²) in [7, 11) is -3.91. The number of nitrogen functional groups attached to an aromatic ring is 1. The van der Waals surface area contributed by atoms with Gasteiger partial charge in [-0.15, -0.1) is 0 Å². The Labute approximate surface area is 122 Å². The van der Waals surface area contributed by atoms with Gasteiger partial charge < -0.3 is 10.6 Å². The Bertz CT molecular complexity index is 694. The van der Waals surface area contributed by atoms with E-state index in [1.807, 2.05) is 0 Å². The summed E-state index contributed by atoms with van der Waals surface area (Å²) in [4.78, 5) is 1.68. The van der Waals surface area contributed by atoms with E-state index < -0.39 is 19.9 Å². The fourth-order valence-electron chi connectivity index (χ4n) is 1.83. The lowest BCUT2D eigenvalue weighted by Gasteiger charge is -2.28. The van der Waals surface area contributed by atoms with Gasteiger partial charge in [0, 0.05) is 27.2 Å². The molecule has 0 radical (unpaired) electrons. The van der Waals surface area contributed by atoms with Gasteiger partial charge in [0.05, 0.1) is 11.5 Å². The lowest BCUT2D eigenvalue weighted by Crippen LogP contribution is -2.40. The molecule has 0 spiro atoms. The summed E-state index contributed by atoms with van der Waals surface area (Å²) in [6, 6.07) is 0. The van der Waals surface area contributed by atoms with Gasteiger partial charge in [0.25, 0.3) is 0 Å². The lowest BCUT2D eigenvalue weighted by atomic mass is 10.5. The molecule has 2 heterocycles. The second-order valence-corrected chi connectivity index (χ2v) is 9.77. The molecule has 0 amide bonds. The van der Waals surface area contributed by atoms with Gasteiger partial charge in [-0.05, 0) is 11.5 Å². The highest BCUT2D eigenvalue weighted by molar-refractivity contribution is 7.91. The predicted molar refractivity (Wildman–Crippen MR) is 78.3 cm³/mol. The van der Waals surface area contributed by atoms with E-state index in [-0.39, 0.29) is 35.3 Å². The molecule has 2 rings (SSSR count). The number of nitrogens with two attached hydrogens (primary N) is 1. The third-order valence-corrected chi connectivity index (χ3v) is 7.57. The van der Waals surface area contributed by atoms with Crippen molar-refractivity contribution in [1.29, 1.82) is 0 Å². The summed E-state index contributed by atoms with van der Waals surface area (Å²) in [5, 5.41) is 0.408. The van der Waals surface area contributed by atoms with E-state index in [0.29, 0.717) is 5.00 Å². The van der Waals surface area contributed by atoms with E-state index in [4.69, 9.17) is 5.73 Å². The van der Waals surface area contributed by atoms with Crippen molar-refractivity contribution in [2.24, 2.45) is 0 Å². The molecule has 0 unspecified atom stereocenters. The molecule has 1 aromatic rings. The molecule has 1 saturated heterocycles. The highest BCUT2D eigenvalue weighted by atomic mass is 32.2. The van der Waals surface area contributed by atoms with E-state index in [1.165, 1.54) is 14.1 Å². The number of sulfone groups is 1. The second-order valence-electron chi connectivity index (χ2n) is 4.63. The van der Waals surface area contributed by atoms with Crippen LogP contribution < -0.4 is 10.6 Å². The Hall–Kier alpha value is -0.910. The van der Waals surface area contributed by atoms with E-state index in [2.05, 4.69) is 4.37 Å². The number of hydrogen-bond acceptors (Lipinski definition) is 8. The standard InChI is InChI=1S/C9H16N4O4S3/c1-12(2)20(16,17)7-8(10)11-18-9(7)13-3-5-19(14,15)6-4-13/h3-6H2,1-2H3,(H2,10,11). The van der Waals surface area contributed by atoms with Crippen molar-refractivity contribution >= 4 is 42.2 Å². The summed E-state index contributed by atoms with van der Waals surface area (Å²) in [5.74, 6) is -0.0365. The average molecular weight is 340 g/mol. The molecule has 8 nitrogen and oxygen atoms in total. The second kappa shape index (κ2) is 5.13.